The standard InChI is InChI=1S/C11H20N2/c1-9-4-5-11(3)13(7-9)8-10(2)6-12/h9-11H,4-5,7-8H2,1-3H3. The number of hydrogen-bond acceptors (Lipinski definition) is 2. The molecule has 3 unspecified atom stereocenters. The Morgan fingerprint density at radius 2 is 2.15 bits per heavy atom. The van der Waals surface area contributed by atoms with Gasteiger partial charge in [0.1, 0.15) is 0 Å². The zero-order valence-corrected chi connectivity index (χ0v) is 8.95. The van der Waals surface area contributed by atoms with Crippen LogP contribution in [0, 0.1) is 23.2 Å². The normalized spacial score (nSPS) is 32.5. The molecule has 0 spiro atoms. The van der Waals surface area contributed by atoms with Gasteiger partial charge < -0.3 is 0 Å². The zero-order valence-electron chi connectivity index (χ0n) is 8.95. The highest BCUT2D eigenvalue weighted by molar-refractivity contribution is 4.85. The summed E-state index contributed by atoms with van der Waals surface area (Å²) in [6, 6.07) is 2.98. The number of rotatable bonds is 2. The summed E-state index contributed by atoms with van der Waals surface area (Å²) in [5.41, 5.74) is 0. The lowest BCUT2D eigenvalue weighted by atomic mass is 9.94. The quantitative estimate of drug-likeness (QED) is 0.652. The Balaban J connectivity index is 2.42. The van der Waals surface area contributed by atoms with E-state index in [1.54, 1.807) is 0 Å². The largest absolute Gasteiger partial charge is 0.299 e. The van der Waals surface area contributed by atoms with Gasteiger partial charge in [0, 0.05) is 19.1 Å². The van der Waals surface area contributed by atoms with E-state index in [9.17, 15) is 0 Å². The van der Waals surface area contributed by atoms with Crippen LogP contribution in [0.25, 0.3) is 0 Å². The van der Waals surface area contributed by atoms with Crippen molar-refractivity contribution >= 4 is 0 Å². The first-order chi connectivity index (χ1) is 6.13. The molecule has 0 aromatic heterocycles. The maximum atomic E-state index is 8.74. The van der Waals surface area contributed by atoms with Crippen LogP contribution in [0.1, 0.15) is 33.6 Å². The molecule has 0 aliphatic carbocycles. The van der Waals surface area contributed by atoms with Crippen molar-refractivity contribution in [1.29, 1.82) is 5.26 Å². The summed E-state index contributed by atoms with van der Waals surface area (Å²) in [4.78, 5) is 2.46. The maximum Gasteiger partial charge on any atom is 0.0666 e. The molecule has 1 heterocycles. The minimum absolute atomic E-state index is 0.174. The second-order valence-electron chi connectivity index (χ2n) is 4.52. The Kier molecular flexibility index (Phi) is 3.74. The van der Waals surface area contributed by atoms with Crippen molar-refractivity contribution in [3.05, 3.63) is 0 Å². The van der Waals surface area contributed by atoms with Gasteiger partial charge in [0.05, 0.1) is 12.0 Å². The molecule has 0 aromatic carbocycles. The van der Waals surface area contributed by atoms with Crippen molar-refractivity contribution in [3.8, 4) is 6.07 Å². The van der Waals surface area contributed by atoms with E-state index in [1.807, 2.05) is 6.92 Å². The third kappa shape index (κ3) is 3.00. The number of hydrogen-bond donors (Lipinski definition) is 0. The van der Waals surface area contributed by atoms with Gasteiger partial charge in [-0.15, -0.1) is 0 Å². The van der Waals surface area contributed by atoms with E-state index in [2.05, 4.69) is 24.8 Å². The highest BCUT2D eigenvalue weighted by Gasteiger charge is 2.23. The molecule has 0 aromatic rings. The lowest BCUT2D eigenvalue weighted by Gasteiger charge is -2.37. The average molecular weight is 180 g/mol. The van der Waals surface area contributed by atoms with Crippen molar-refractivity contribution in [2.75, 3.05) is 13.1 Å². The van der Waals surface area contributed by atoms with Crippen molar-refractivity contribution in [2.45, 2.75) is 39.7 Å². The van der Waals surface area contributed by atoms with Gasteiger partial charge in [-0.05, 0) is 32.6 Å². The fourth-order valence-corrected chi connectivity index (χ4v) is 2.03. The van der Waals surface area contributed by atoms with Crippen molar-refractivity contribution in [1.82, 2.24) is 4.90 Å². The van der Waals surface area contributed by atoms with Crippen LogP contribution in [0.5, 0.6) is 0 Å². The fraction of sp³-hybridized carbons (Fsp3) is 0.909. The molecule has 0 radical (unpaired) electrons. The predicted molar refractivity (Wildman–Crippen MR) is 54.2 cm³/mol. The predicted octanol–water partition coefficient (Wildman–Crippen LogP) is 2.27. The Morgan fingerprint density at radius 1 is 1.46 bits per heavy atom. The average Bonchev–Trinajstić information content (AvgIpc) is 2.11. The lowest BCUT2D eigenvalue weighted by molar-refractivity contribution is 0.116. The molecule has 0 amide bonds. The summed E-state index contributed by atoms with van der Waals surface area (Å²) in [5.74, 6) is 0.981. The van der Waals surface area contributed by atoms with Gasteiger partial charge in [-0.3, -0.25) is 4.90 Å². The summed E-state index contributed by atoms with van der Waals surface area (Å²) in [6.07, 6.45) is 2.64. The Labute approximate surface area is 81.5 Å². The summed E-state index contributed by atoms with van der Waals surface area (Å²) >= 11 is 0. The number of likely N-dealkylation sites (tertiary alicyclic amines) is 1. The first-order valence-electron chi connectivity index (χ1n) is 5.27. The molecule has 0 N–H and O–H groups in total. The monoisotopic (exact) mass is 180 g/mol. The van der Waals surface area contributed by atoms with E-state index in [0.29, 0.717) is 6.04 Å². The maximum absolute atomic E-state index is 8.74. The van der Waals surface area contributed by atoms with Crippen LogP contribution in [0.4, 0.5) is 0 Å². The summed E-state index contributed by atoms with van der Waals surface area (Å²) in [7, 11) is 0. The minimum Gasteiger partial charge on any atom is -0.299 e. The summed E-state index contributed by atoms with van der Waals surface area (Å²) in [6.45, 7) is 8.70. The second-order valence-corrected chi connectivity index (χ2v) is 4.52. The Hall–Kier alpha value is -0.550. The van der Waals surface area contributed by atoms with Gasteiger partial charge in [-0.1, -0.05) is 6.92 Å². The van der Waals surface area contributed by atoms with E-state index in [1.165, 1.54) is 19.4 Å². The van der Waals surface area contributed by atoms with Crippen LogP contribution < -0.4 is 0 Å². The Morgan fingerprint density at radius 3 is 2.77 bits per heavy atom. The third-order valence-electron chi connectivity index (χ3n) is 2.98. The lowest BCUT2D eigenvalue weighted by Crippen LogP contribution is -2.42. The first kappa shape index (κ1) is 10.5. The van der Waals surface area contributed by atoms with Crippen LogP contribution in [-0.2, 0) is 0 Å². The van der Waals surface area contributed by atoms with Crippen LogP contribution in [0.2, 0.25) is 0 Å². The van der Waals surface area contributed by atoms with Crippen LogP contribution in [0.15, 0.2) is 0 Å². The topological polar surface area (TPSA) is 27.0 Å². The van der Waals surface area contributed by atoms with Gasteiger partial charge in [-0.25, -0.2) is 0 Å². The number of piperidine rings is 1. The molecule has 1 saturated heterocycles. The molecule has 0 bridgehead atoms. The van der Waals surface area contributed by atoms with Crippen molar-refractivity contribution in [2.24, 2.45) is 11.8 Å². The van der Waals surface area contributed by atoms with E-state index >= 15 is 0 Å². The number of nitriles is 1. The third-order valence-corrected chi connectivity index (χ3v) is 2.98. The molecule has 0 saturated carbocycles. The molecule has 1 aliphatic rings. The smallest absolute Gasteiger partial charge is 0.0666 e. The van der Waals surface area contributed by atoms with Crippen LogP contribution in [-0.4, -0.2) is 24.0 Å². The highest BCUT2D eigenvalue weighted by Crippen LogP contribution is 2.21. The zero-order chi connectivity index (χ0) is 9.84. The van der Waals surface area contributed by atoms with E-state index in [0.717, 1.165) is 12.5 Å². The van der Waals surface area contributed by atoms with Crippen LogP contribution >= 0.6 is 0 Å². The van der Waals surface area contributed by atoms with E-state index in [-0.39, 0.29) is 5.92 Å². The molecule has 2 nitrogen and oxygen atoms in total. The fourth-order valence-electron chi connectivity index (χ4n) is 2.03. The van der Waals surface area contributed by atoms with Gasteiger partial charge >= 0.3 is 0 Å². The molecule has 2 heteroatoms. The van der Waals surface area contributed by atoms with Crippen molar-refractivity contribution < 1.29 is 0 Å². The molecule has 74 valence electrons. The first-order valence-corrected chi connectivity index (χ1v) is 5.27. The molecule has 1 aliphatic heterocycles. The molecule has 1 fully saturated rings. The highest BCUT2D eigenvalue weighted by atomic mass is 15.2. The van der Waals surface area contributed by atoms with Crippen molar-refractivity contribution in [3.63, 3.8) is 0 Å². The Bertz CT molecular complexity index is 195. The molecule has 3 atom stereocenters. The van der Waals surface area contributed by atoms with Gasteiger partial charge in [0.2, 0.25) is 0 Å². The van der Waals surface area contributed by atoms with Gasteiger partial charge in [0.25, 0.3) is 0 Å². The minimum atomic E-state index is 0.174. The second kappa shape index (κ2) is 4.62. The summed E-state index contributed by atoms with van der Waals surface area (Å²) in [5, 5.41) is 8.74. The van der Waals surface area contributed by atoms with Crippen LogP contribution in [0.3, 0.4) is 0 Å². The summed E-state index contributed by atoms with van der Waals surface area (Å²) < 4.78 is 0. The van der Waals surface area contributed by atoms with E-state index < -0.39 is 0 Å². The van der Waals surface area contributed by atoms with Gasteiger partial charge in [-0.2, -0.15) is 5.26 Å². The SMILES string of the molecule is CC(C#N)CN1CC(C)CCC1C. The molecule has 13 heavy (non-hydrogen) atoms. The molecule has 1 rings (SSSR count). The van der Waals surface area contributed by atoms with E-state index in [4.69, 9.17) is 5.26 Å². The molecular formula is C11H20N2. The number of nitrogens with zero attached hydrogens (tertiary/aromatic N) is 2. The van der Waals surface area contributed by atoms with Gasteiger partial charge in [0.15, 0.2) is 0 Å². The molecular weight excluding hydrogens is 160 g/mol.